The van der Waals surface area contributed by atoms with Gasteiger partial charge in [-0.05, 0) is 12.2 Å². The molecule has 1 aromatic carbocycles. The van der Waals surface area contributed by atoms with Crippen molar-refractivity contribution in [1.29, 1.82) is 0 Å². The number of rotatable bonds is 7. The molecule has 0 aliphatic carbocycles. The lowest BCUT2D eigenvalue weighted by Crippen LogP contribution is -2.61. The molecule has 198 valence electrons. The summed E-state index contributed by atoms with van der Waals surface area (Å²) in [6, 6.07) is 8.47. The van der Waals surface area contributed by atoms with Crippen LogP contribution in [0.3, 0.4) is 0 Å². The van der Waals surface area contributed by atoms with Gasteiger partial charge in [-0.3, -0.25) is 29.0 Å². The number of ether oxygens (including phenoxy) is 5. The predicted molar refractivity (Wildman–Crippen MR) is 126 cm³/mol. The van der Waals surface area contributed by atoms with Gasteiger partial charge in [-0.25, -0.2) is 4.68 Å². The van der Waals surface area contributed by atoms with Crippen molar-refractivity contribution in [2.24, 2.45) is 0 Å². The lowest BCUT2D eigenvalue weighted by atomic mass is 9.97. The maximum absolute atomic E-state index is 12.7. The molecule has 2 heterocycles. The summed E-state index contributed by atoms with van der Waals surface area (Å²) in [6.07, 6.45) is -6.79. The van der Waals surface area contributed by atoms with Crippen LogP contribution in [0.5, 0.6) is 0 Å². The second-order valence-corrected chi connectivity index (χ2v) is 8.40. The smallest absolute Gasteiger partial charge is 0.303 e. The number of H-pyrrole nitrogens is 1. The molecule has 2 aromatic rings. The van der Waals surface area contributed by atoms with Crippen LogP contribution < -0.4 is 5.56 Å². The largest absolute Gasteiger partial charge is 0.463 e. The van der Waals surface area contributed by atoms with Gasteiger partial charge in [-0.1, -0.05) is 30.3 Å². The lowest BCUT2D eigenvalue weighted by molar-refractivity contribution is -0.271. The Morgan fingerprint density at radius 3 is 2.05 bits per heavy atom. The molecule has 5 unspecified atom stereocenters. The first kappa shape index (κ1) is 27.7. The molecule has 13 nitrogen and oxygen atoms in total. The number of benzene rings is 1. The minimum Gasteiger partial charge on any atom is -0.463 e. The SMILES string of the molecule is CC(=O)OCC1OC(n2nc(-c3ccccc3)c(=O)[nH]c2=S)C(OC(C)=O)C(OC(C)=O)C1OC(C)=O. The number of nitrogens with one attached hydrogen (secondary N) is 1. The van der Waals surface area contributed by atoms with Crippen molar-refractivity contribution in [2.45, 2.75) is 58.3 Å². The molecule has 1 aliphatic rings. The van der Waals surface area contributed by atoms with Gasteiger partial charge in [0.05, 0.1) is 0 Å². The summed E-state index contributed by atoms with van der Waals surface area (Å²) in [5, 5.41) is 4.35. The Bertz CT molecular complexity index is 1290. The Morgan fingerprint density at radius 2 is 1.49 bits per heavy atom. The predicted octanol–water partition coefficient (Wildman–Crippen LogP) is 1.22. The third-order valence-corrected chi connectivity index (χ3v) is 5.40. The summed E-state index contributed by atoms with van der Waals surface area (Å²) in [6.45, 7) is 4.09. The summed E-state index contributed by atoms with van der Waals surface area (Å²) in [5.41, 5.74) is -0.154. The molecule has 37 heavy (non-hydrogen) atoms. The number of nitrogens with zero attached hydrogens (tertiary/aromatic N) is 2. The Morgan fingerprint density at radius 1 is 0.919 bits per heavy atom. The molecule has 1 N–H and O–H groups in total. The molecule has 5 atom stereocenters. The van der Waals surface area contributed by atoms with E-state index >= 15 is 0 Å². The highest BCUT2D eigenvalue weighted by molar-refractivity contribution is 7.71. The third kappa shape index (κ3) is 6.86. The maximum Gasteiger partial charge on any atom is 0.303 e. The fourth-order valence-electron chi connectivity index (χ4n) is 3.77. The zero-order chi connectivity index (χ0) is 27.3. The van der Waals surface area contributed by atoms with E-state index in [0.29, 0.717) is 5.56 Å². The summed E-state index contributed by atoms with van der Waals surface area (Å²) >= 11 is 5.31. The van der Waals surface area contributed by atoms with Gasteiger partial charge >= 0.3 is 23.9 Å². The van der Waals surface area contributed by atoms with E-state index in [2.05, 4.69) is 10.1 Å². The van der Waals surface area contributed by atoms with E-state index in [1.165, 1.54) is 0 Å². The Balaban J connectivity index is 2.19. The van der Waals surface area contributed by atoms with Gasteiger partial charge < -0.3 is 23.7 Å². The monoisotopic (exact) mass is 535 g/mol. The molecule has 0 spiro atoms. The van der Waals surface area contributed by atoms with E-state index in [4.69, 9.17) is 35.9 Å². The molecule has 3 rings (SSSR count). The van der Waals surface area contributed by atoms with Gasteiger partial charge in [0.15, 0.2) is 35.0 Å². The number of esters is 4. The van der Waals surface area contributed by atoms with E-state index in [-0.39, 0.29) is 10.5 Å². The van der Waals surface area contributed by atoms with Crippen molar-refractivity contribution in [3.8, 4) is 11.3 Å². The quantitative estimate of drug-likeness (QED) is 0.307. The van der Waals surface area contributed by atoms with Gasteiger partial charge in [0.2, 0.25) is 0 Å². The number of hydrogen-bond acceptors (Lipinski definition) is 12. The van der Waals surface area contributed by atoms with Gasteiger partial charge in [-0.2, -0.15) is 5.10 Å². The van der Waals surface area contributed by atoms with Crippen molar-refractivity contribution in [2.75, 3.05) is 6.61 Å². The van der Waals surface area contributed by atoms with Crippen molar-refractivity contribution >= 4 is 36.1 Å². The number of carbonyl (C=O) groups is 4. The molecule has 1 aromatic heterocycles. The van der Waals surface area contributed by atoms with Gasteiger partial charge in [0.1, 0.15) is 12.7 Å². The molecular weight excluding hydrogens is 510 g/mol. The van der Waals surface area contributed by atoms with Crippen molar-refractivity contribution < 1.29 is 42.9 Å². The van der Waals surface area contributed by atoms with E-state index in [0.717, 1.165) is 32.4 Å². The highest BCUT2D eigenvalue weighted by atomic mass is 32.1. The lowest BCUT2D eigenvalue weighted by Gasteiger charge is -2.44. The topological polar surface area (TPSA) is 165 Å². The first-order chi connectivity index (χ1) is 17.5. The highest BCUT2D eigenvalue weighted by Gasteiger charge is 2.53. The molecular formula is C23H25N3O10S. The molecule has 1 aliphatic heterocycles. The van der Waals surface area contributed by atoms with Crippen molar-refractivity contribution in [3.63, 3.8) is 0 Å². The fourth-order valence-corrected chi connectivity index (χ4v) is 4.01. The van der Waals surface area contributed by atoms with Crippen LogP contribution >= 0.6 is 12.2 Å². The van der Waals surface area contributed by atoms with Crippen molar-refractivity contribution in [1.82, 2.24) is 14.8 Å². The minimum atomic E-state index is -1.44. The summed E-state index contributed by atoms with van der Waals surface area (Å²) < 4.78 is 28.2. The number of carbonyl (C=O) groups excluding carboxylic acids is 4. The maximum atomic E-state index is 12.7. The molecule has 1 saturated heterocycles. The van der Waals surface area contributed by atoms with Gasteiger partial charge in [0, 0.05) is 33.3 Å². The highest BCUT2D eigenvalue weighted by Crippen LogP contribution is 2.34. The Kier molecular flexibility index (Phi) is 8.89. The van der Waals surface area contributed by atoms with Crippen LogP contribution in [-0.4, -0.2) is 69.7 Å². The molecule has 1 fully saturated rings. The van der Waals surface area contributed by atoms with Crippen LogP contribution in [0.4, 0.5) is 0 Å². The normalized spacial score (nSPS) is 23.0. The van der Waals surface area contributed by atoms with E-state index in [1.54, 1.807) is 30.3 Å². The molecule has 0 amide bonds. The second-order valence-electron chi connectivity index (χ2n) is 8.01. The summed E-state index contributed by atoms with van der Waals surface area (Å²) in [5.74, 6) is -2.98. The van der Waals surface area contributed by atoms with Crippen molar-refractivity contribution in [3.05, 3.63) is 45.5 Å². The molecule has 0 bridgehead atoms. The second kappa shape index (κ2) is 11.9. The van der Waals surface area contributed by atoms with E-state index in [1.807, 2.05) is 0 Å². The fraction of sp³-hybridized carbons (Fsp3) is 0.435. The van der Waals surface area contributed by atoms with Crippen LogP contribution in [0.25, 0.3) is 11.3 Å². The molecule has 0 saturated carbocycles. The van der Waals surface area contributed by atoms with Gasteiger partial charge in [-0.15, -0.1) is 0 Å². The standard InChI is InChI=1S/C23H25N3O10S/c1-11(27)32-10-16-18(33-12(2)28)19(34-13(3)29)20(35-14(4)30)22(36-16)26-23(37)24-21(31)17(25-26)15-8-6-5-7-9-15/h5-9,16,18-20,22H,10H2,1-4H3,(H,24,31,37). The summed E-state index contributed by atoms with van der Waals surface area (Å²) in [4.78, 5) is 62.6. The van der Waals surface area contributed by atoms with E-state index in [9.17, 15) is 24.0 Å². The first-order valence-corrected chi connectivity index (χ1v) is 11.5. The Hall–Kier alpha value is -3.91. The van der Waals surface area contributed by atoms with Crippen LogP contribution in [0.15, 0.2) is 35.1 Å². The minimum absolute atomic E-state index is 0.0259. The number of hydrogen-bond donors (Lipinski definition) is 1. The summed E-state index contributed by atoms with van der Waals surface area (Å²) in [7, 11) is 0. The average Bonchev–Trinajstić information content (AvgIpc) is 2.80. The average molecular weight is 536 g/mol. The zero-order valence-corrected chi connectivity index (χ0v) is 21.2. The third-order valence-electron chi connectivity index (χ3n) is 5.11. The first-order valence-electron chi connectivity index (χ1n) is 11.1. The van der Waals surface area contributed by atoms with Crippen LogP contribution in [0.2, 0.25) is 0 Å². The number of aromatic nitrogens is 3. The molecule has 0 radical (unpaired) electrons. The molecule has 14 heteroatoms. The zero-order valence-electron chi connectivity index (χ0n) is 20.4. The number of aromatic amines is 1. The van der Waals surface area contributed by atoms with Crippen LogP contribution in [-0.2, 0) is 42.9 Å². The Labute approximate surface area is 215 Å². The van der Waals surface area contributed by atoms with E-state index < -0.39 is 66.7 Å². The van der Waals surface area contributed by atoms with Crippen LogP contribution in [0, 0.1) is 4.77 Å². The van der Waals surface area contributed by atoms with Crippen LogP contribution in [0.1, 0.15) is 33.9 Å². The van der Waals surface area contributed by atoms with Gasteiger partial charge in [0.25, 0.3) is 5.56 Å².